The van der Waals surface area contributed by atoms with E-state index in [0.717, 1.165) is 5.56 Å². The summed E-state index contributed by atoms with van der Waals surface area (Å²) in [6, 6.07) is 11.0. The Kier molecular flexibility index (Phi) is 5.89. The van der Waals surface area contributed by atoms with Crippen molar-refractivity contribution in [1.82, 2.24) is 10.3 Å². The van der Waals surface area contributed by atoms with E-state index in [9.17, 15) is 9.59 Å². The summed E-state index contributed by atoms with van der Waals surface area (Å²) in [5.74, 6) is -1.66. The van der Waals surface area contributed by atoms with Crippen LogP contribution < -0.4 is 5.32 Å². The number of carbonyl (C=O) groups is 2. The van der Waals surface area contributed by atoms with Crippen LogP contribution in [0.25, 0.3) is 0 Å². The second-order valence-corrected chi connectivity index (χ2v) is 5.62. The van der Waals surface area contributed by atoms with Gasteiger partial charge in [0.05, 0.1) is 6.04 Å². The van der Waals surface area contributed by atoms with E-state index in [0.29, 0.717) is 5.02 Å². The third-order valence-electron chi connectivity index (χ3n) is 3.47. The minimum absolute atomic E-state index is 0.0349. The third kappa shape index (κ3) is 4.31. The summed E-state index contributed by atoms with van der Waals surface area (Å²) in [5, 5.41) is 12.3. The van der Waals surface area contributed by atoms with Gasteiger partial charge in [-0.25, -0.2) is 9.78 Å². The molecule has 0 aliphatic carbocycles. The molecule has 0 saturated carbocycles. The molecule has 2 atom stereocenters. The van der Waals surface area contributed by atoms with E-state index in [1.165, 1.54) is 18.2 Å². The van der Waals surface area contributed by atoms with Crippen molar-refractivity contribution in [2.24, 2.45) is 0 Å². The first kappa shape index (κ1) is 17.9. The van der Waals surface area contributed by atoms with E-state index < -0.39 is 11.9 Å². The van der Waals surface area contributed by atoms with Crippen molar-refractivity contribution >= 4 is 23.5 Å². The molecule has 1 aromatic carbocycles. The maximum Gasteiger partial charge on any atom is 0.354 e. The van der Waals surface area contributed by atoms with Crippen molar-refractivity contribution in [3.8, 4) is 0 Å². The number of carbonyl (C=O) groups excluding carboxylic acids is 1. The number of carboxylic acid groups (broad SMARTS) is 1. The van der Waals surface area contributed by atoms with Crippen LogP contribution >= 0.6 is 11.6 Å². The molecule has 0 spiro atoms. The van der Waals surface area contributed by atoms with Gasteiger partial charge in [-0.15, -0.1) is 0 Å². The molecule has 1 aromatic heterocycles. The number of hydrogen-bond donors (Lipinski definition) is 2. The van der Waals surface area contributed by atoms with Crippen molar-refractivity contribution in [3.05, 3.63) is 64.4 Å². The highest BCUT2D eigenvalue weighted by atomic mass is 35.5. The molecule has 0 aliphatic heterocycles. The van der Waals surface area contributed by atoms with Gasteiger partial charge in [-0.05, 0) is 36.8 Å². The molecular weight excluding hydrogens is 332 g/mol. The zero-order valence-electron chi connectivity index (χ0n) is 13.2. The van der Waals surface area contributed by atoms with Crippen LogP contribution in [-0.2, 0) is 4.74 Å². The Bertz CT molecular complexity index is 734. The molecule has 1 amide bonds. The first-order valence-corrected chi connectivity index (χ1v) is 7.59. The first-order valence-electron chi connectivity index (χ1n) is 7.22. The molecule has 0 fully saturated rings. The number of carboxylic acids is 1. The van der Waals surface area contributed by atoms with Gasteiger partial charge in [0, 0.05) is 12.1 Å². The molecule has 0 bridgehead atoms. The lowest BCUT2D eigenvalue weighted by Gasteiger charge is -2.24. The normalized spacial score (nSPS) is 13.1. The number of amides is 1. The van der Waals surface area contributed by atoms with Crippen molar-refractivity contribution in [2.75, 3.05) is 7.11 Å². The first-order chi connectivity index (χ1) is 11.4. The second kappa shape index (κ2) is 7.90. The fourth-order valence-electron chi connectivity index (χ4n) is 2.32. The lowest BCUT2D eigenvalue weighted by Crippen LogP contribution is -2.38. The number of nitrogens with one attached hydrogen (secondary N) is 1. The summed E-state index contributed by atoms with van der Waals surface area (Å²) >= 11 is 5.88. The number of hydrogen-bond acceptors (Lipinski definition) is 4. The molecule has 0 saturated heterocycles. The number of aromatic nitrogens is 1. The van der Waals surface area contributed by atoms with E-state index >= 15 is 0 Å². The summed E-state index contributed by atoms with van der Waals surface area (Å²) in [6.45, 7) is 1.79. The fraction of sp³-hybridized carbons (Fsp3) is 0.235. The molecule has 7 heteroatoms. The third-order valence-corrected chi connectivity index (χ3v) is 3.72. The summed E-state index contributed by atoms with van der Waals surface area (Å²) in [5.41, 5.74) is 0.714. The summed E-state index contributed by atoms with van der Waals surface area (Å²) in [6.07, 6.45) is -0.381. The standard InChI is InChI=1S/C17H17ClN2O4/c1-10(15(24-2)11-6-8-12(18)9-7-11)19-16(21)13-4-3-5-14(20-13)17(22)23/h3-10,15H,1-2H3,(H,19,21)(H,22,23). The van der Waals surface area contributed by atoms with E-state index in [4.69, 9.17) is 21.4 Å². The van der Waals surface area contributed by atoms with Crippen LogP contribution in [0.4, 0.5) is 0 Å². The Labute approximate surface area is 144 Å². The lowest BCUT2D eigenvalue weighted by molar-refractivity contribution is 0.0642. The molecular formula is C17H17ClN2O4. The van der Waals surface area contributed by atoms with E-state index in [1.54, 1.807) is 26.2 Å². The second-order valence-electron chi connectivity index (χ2n) is 5.18. The number of pyridine rings is 1. The summed E-state index contributed by atoms with van der Waals surface area (Å²) in [7, 11) is 1.55. The number of rotatable bonds is 6. The van der Waals surface area contributed by atoms with Gasteiger partial charge in [0.15, 0.2) is 0 Å². The molecule has 2 rings (SSSR count). The van der Waals surface area contributed by atoms with Gasteiger partial charge < -0.3 is 15.2 Å². The van der Waals surface area contributed by atoms with Gasteiger partial charge in [0.1, 0.15) is 17.5 Å². The monoisotopic (exact) mass is 348 g/mol. The SMILES string of the molecule is COC(c1ccc(Cl)cc1)C(C)NC(=O)c1cccc(C(=O)O)n1. The number of methoxy groups -OCH3 is 1. The zero-order chi connectivity index (χ0) is 17.7. The number of ether oxygens (including phenoxy) is 1. The quantitative estimate of drug-likeness (QED) is 0.837. The Morgan fingerprint density at radius 2 is 1.79 bits per heavy atom. The maximum atomic E-state index is 12.3. The number of benzene rings is 1. The predicted octanol–water partition coefficient (Wildman–Crippen LogP) is 2.94. The fourth-order valence-corrected chi connectivity index (χ4v) is 2.44. The van der Waals surface area contributed by atoms with Gasteiger partial charge in [-0.3, -0.25) is 4.79 Å². The molecule has 2 unspecified atom stereocenters. The molecule has 1 heterocycles. The van der Waals surface area contributed by atoms with Crippen LogP contribution in [0.1, 0.15) is 39.6 Å². The van der Waals surface area contributed by atoms with Crippen LogP contribution in [0.2, 0.25) is 5.02 Å². The molecule has 24 heavy (non-hydrogen) atoms. The van der Waals surface area contributed by atoms with Gasteiger partial charge in [-0.2, -0.15) is 0 Å². The van der Waals surface area contributed by atoms with Crippen LogP contribution in [-0.4, -0.2) is 35.1 Å². The summed E-state index contributed by atoms with van der Waals surface area (Å²) in [4.78, 5) is 27.1. The highest BCUT2D eigenvalue weighted by Gasteiger charge is 2.22. The van der Waals surface area contributed by atoms with E-state index in [-0.39, 0.29) is 23.5 Å². The van der Waals surface area contributed by atoms with Crippen molar-refractivity contribution in [3.63, 3.8) is 0 Å². The zero-order valence-corrected chi connectivity index (χ0v) is 13.9. The number of halogens is 1. The average molecular weight is 349 g/mol. The molecule has 2 N–H and O–H groups in total. The topological polar surface area (TPSA) is 88.5 Å². The van der Waals surface area contributed by atoms with Crippen molar-refractivity contribution < 1.29 is 19.4 Å². The Balaban J connectivity index is 2.13. The number of aromatic carboxylic acids is 1. The predicted molar refractivity (Wildman–Crippen MR) is 89.3 cm³/mol. The smallest absolute Gasteiger partial charge is 0.354 e. The van der Waals surface area contributed by atoms with Crippen molar-refractivity contribution in [1.29, 1.82) is 0 Å². The average Bonchev–Trinajstić information content (AvgIpc) is 2.57. The van der Waals surface area contributed by atoms with Crippen LogP contribution in [0.15, 0.2) is 42.5 Å². The maximum absolute atomic E-state index is 12.3. The molecule has 0 aliphatic rings. The molecule has 6 nitrogen and oxygen atoms in total. The van der Waals surface area contributed by atoms with Crippen LogP contribution in [0.3, 0.4) is 0 Å². The van der Waals surface area contributed by atoms with Gasteiger partial charge in [0.2, 0.25) is 0 Å². The molecule has 2 aromatic rings. The van der Waals surface area contributed by atoms with Crippen LogP contribution in [0, 0.1) is 0 Å². The van der Waals surface area contributed by atoms with E-state index in [1.807, 2.05) is 12.1 Å². The van der Waals surface area contributed by atoms with E-state index in [2.05, 4.69) is 10.3 Å². The highest BCUT2D eigenvalue weighted by Crippen LogP contribution is 2.22. The lowest BCUT2D eigenvalue weighted by atomic mass is 10.0. The Morgan fingerprint density at radius 3 is 2.38 bits per heavy atom. The highest BCUT2D eigenvalue weighted by molar-refractivity contribution is 6.30. The molecule has 0 radical (unpaired) electrons. The number of nitrogens with zero attached hydrogens (tertiary/aromatic N) is 1. The Hall–Kier alpha value is -2.44. The van der Waals surface area contributed by atoms with Crippen LogP contribution in [0.5, 0.6) is 0 Å². The molecule has 126 valence electrons. The minimum Gasteiger partial charge on any atom is -0.477 e. The van der Waals surface area contributed by atoms with Gasteiger partial charge in [-0.1, -0.05) is 29.8 Å². The largest absolute Gasteiger partial charge is 0.477 e. The summed E-state index contributed by atoms with van der Waals surface area (Å²) < 4.78 is 5.46. The Morgan fingerprint density at radius 1 is 1.17 bits per heavy atom. The van der Waals surface area contributed by atoms with Crippen molar-refractivity contribution in [2.45, 2.75) is 19.1 Å². The van der Waals surface area contributed by atoms with Gasteiger partial charge in [0.25, 0.3) is 5.91 Å². The van der Waals surface area contributed by atoms with Gasteiger partial charge >= 0.3 is 5.97 Å². The minimum atomic E-state index is -1.19.